The number of anilines is 1. The second kappa shape index (κ2) is 5.31. The normalized spacial score (nSPS) is 11.1. The maximum Gasteiger partial charge on any atom is 0.157 e. The van der Waals surface area contributed by atoms with Crippen molar-refractivity contribution in [1.29, 1.82) is 0 Å². The van der Waals surface area contributed by atoms with Crippen molar-refractivity contribution in [3.8, 4) is 10.6 Å². The van der Waals surface area contributed by atoms with Gasteiger partial charge in [-0.3, -0.25) is 9.38 Å². The highest BCUT2D eigenvalue weighted by Crippen LogP contribution is 2.34. The SMILES string of the molecule is Cc1ccsc1-c1nc2cnccn2c1NCc1ccco1. The molecule has 0 spiro atoms. The third kappa shape index (κ3) is 2.17. The summed E-state index contributed by atoms with van der Waals surface area (Å²) in [5.41, 5.74) is 3.00. The molecule has 0 amide bonds. The lowest BCUT2D eigenvalue weighted by atomic mass is 10.2. The summed E-state index contributed by atoms with van der Waals surface area (Å²) in [6.07, 6.45) is 7.13. The zero-order valence-corrected chi connectivity index (χ0v) is 12.8. The Labute approximate surface area is 131 Å². The molecule has 4 aromatic rings. The number of hydrogen-bond donors (Lipinski definition) is 1. The van der Waals surface area contributed by atoms with Gasteiger partial charge in [0.05, 0.1) is 23.9 Å². The van der Waals surface area contributed by atoms with E-state index in [1.54, 1.807) is 30.0 Å². The molecule has 1 N–H and O–H groups in total. The van der Waals surface area contributed by atoms with Crippen LogP contribution in [0.15, 0.2) is 52.9 Å². The Bertz CT molecular complexity index is 907. The Morgan fingerprint density at radius 2 is 2.32 bits per heavy atom. The second-order valence-electron chi connectivity index (χ2n) is 4.98. The van der Waals surface area contributed by atoms with Gasteiger partial charge < -0.3 is 9.73 Å². The summed E-state index contributed by atoms with van der Waals surface area (Å²) in [7, 11) is 0. The fourth-order valence-corrected chi connectivity index (χ4v) is 3.35. The number of hydrogen-bond acceptors (Lipinski definition) is 5. The average Bonchev–Trinajstić information content (AvgIpc) is 3.24. The van der Waals surface area contributed by atoms with Gasteiger partial charge in [-0.05, 0) is 36.1 Å². The molecule has 4 aromatic heterocycles. The van der Waals surface area contributed by atoms with Gasteiger partial charge in [-0.1, -0.05) is 0 Å². The Morgan fingerprint density at radius 3 is 3.09 bits per heavy atom. The van der Waals surface area contributed by atoms with Crippen LogP contribution < -0.4 is 5.32 Å². The molecule has 0 atom stereocenters. The Hall–Kier alpha value is -2.60. The standard InChI is InChI=1S/C16H14N4OS/c1-11-4-8-22-15(11)14-16(18-9-12-3-2-7-21-12)20-6-5-17-10-13(20)19-14/h2-8,10,18H,9H2,1H3. The van der Waals surface area contributed by atoms with Gasteiger partial charge in [0.2, 0.25) is 0 Å². The number of aromatic nitrogens is 3. The van der Waals surface area contributed by atoms with E-state index in [9.17, 15) is 0 Å². The first-order chi connectivity index (χ1) is 10.8. The molecule has 110 valence electrons. The van der Waals surface area contributed by atoms with Crippen molar-refractivity contribution >= 4 is 22.8 Å². The molecular weight excluding hydrogens is 296 g/mol. The van der Waals surface area contributed by atoms with E-state index in [2.05, 4.69) is 28.7 Å². The van der Waals surface area contributed by atoms with Crippen molar-refractivity contribution in [2.45, 2.75) is 13.5 Å². The molecule has 0 radical (unpaired) electrons. The molecule has 0 aliphatic rings. The van der Waals surface area contributed by atoms with E-state index in [0.29, 0.717) is 6.54 Å². The minimum atomic E-state index is 0.612. The highest BCUT2D eigenvalue weighted by molar-refractivity contribution is 7.13. The average molecular weight is 310 g/mol. The Balaban J connectivity index is 1.81. The van der Waals surface area contributed by atoms with Gasteiger partial charge in [0.25, 0.3) is 0 Å². The summed E-state index contributed by atoms with van der Waals surface area (Å²) >= 11 is 1.70. The number of rotatable bonds is 4. The van der Waals surface area contributed by atoms with Gasteiger partial charge in [-0.15, -0.1) is 11.3 Å². The lowest BCUT2D eigenvalue weighted by molar-refractivity contribution is 0.518. The molecule has 0 unspecified atom stereocenters. The first-order valence-electron chi connectivity index (χ1n) is 6.96. The van der Waals surface area contributed by atoms with Crippen LogP contribution in [-0.4, -0.2) is 14.4 Å². The number of imidazole rings is 1. The highest BCUT2D eigenvalue weighted by atomic mass is 32.1. The summed E-state index contributed by atoms with van der Waals surface area (Å²) in [4.78, 5) is 10.1. The van der Waals surface area contributed by atoms with Gasteiger partial charge in [0, 0.05) is 12.4 Å². The zero-order chi connectivity index (χ0) is 14.9. The van der Waals surface area contributed by atoms with Crippen LogP contribution in [-0.2, 0) is 6.54 Å². The molecule has 4 rings (SSSR count). The summed E-state index contributed by atoms with van der Waals surface area (Å²) in [6.45, 7) is 2.71. The first-order valence-corrected chi connectivity index (χ1v) is 7.83. The van der Waals surface area contributed by atoms with Gasteiger partial charge in [-0.2, -0.15) is 0 Å². The van der Waals surface area contributed by atoms with E-state index in [4.69, 9.17) is 9.40 Å². The lowest BCUT2D eigenvalue weighted by Crippen LogP contribution is -2.02. The first kappa shape index (κ1) is 13.1. The smallest absolute Gasteiger partial charge is 0.157 e. The van der Waals surface area contributed by atoms with Crippen LogP contribution in [0.3, 0.4) is 0 Å². The van der Waals surface area contributed by atoms with E-state index in [1.807, 2.05) is 22.7 Å². The Morgan fingerprint density at radius 1 is 1.36 bits per heavy atom. The van der Waals surface area contributed by atoms with Crippen molar-refractivity contribution in [2.24, 2.45) is 0 Å². The van der Waals surface area contributed by atoms with Crippen molar-refractivity contribution in [3.05, 3.63) is 59.8 Å². The van der Waals surface area contributed by atoms with Crippen LogP contribution in [0.4, 0.5) is 5.82 Å². The minimum absolute atomic E-state index is 0.612. The van der Waals surface area contributed by atoms with Gasteiger partial charge >= 0.3 is 0 Å². The summed E-state index contributed by atoms with van der Waals surface area (Å²) in [5, 5.41) is 5.53. The van der Waals surface area contributed by atoms with Crippen molar-refractivity contribution < 1.29 is 4.42 Å². The number of nitrogens with one attached hydrogen (secondary N) is 1. The maximum atomic E-state index is 5.40. The van der Waals surface area contributed by atoms with E-state index in [0.717, 1.165) is 22.9 Å². The van der Waals surface area contributed by atoms with E-state index >= 15 is 0 Å². The molecular formula is C16H14N4OS. The number of aryl methyl sites for hydroxylation is 1. The van der Waals surface area contributed by atoms with Crippen molar-refractivity contribution in [1.82, 2.24) is 14.4 Å². The molecule has 6 heteroatoms. The van der Waals surface area contributed by atoms with Crippen molar-refractivity contribution in [2.75, 3.05) is 5.32 Å². The van der Waals surface area contributed by atoms with E-state index in [-0.39, 0.29) is 0 Å². The van der Waals surface area contributed by atoms with E-state index < -0.39 is 0 Å². The summed E-state index contributed by atoms with van der Waals surface area (Å²) in [5.74, 6) is 1.84. The number of furan rings is 1. The fourth-order valence-electron chi connectivity index (χ4n) is 2.43. The zero-order valence-electron chi connectivity index (χ0n) is 12.0. The third-order valence-corrected chi connectivity index (χ3v) is 4.54. The molecule has 0 saturated carbocycles. The second-order valence-corrected chi connectivity index (χ2v) is 5.90. The van der Waals surface area contributed by atoms with Crippen LogP contribution >= 0.6 is 11.3 Å². The third-order valence-electron chi connectivity index (χ3n) is 3.52. The predicted octanol–water partition coefficient (Wildman–Crippen LogP) is 3.97. The van der Waals surface area contributed by atoms with Crippen LogP contribution in [0.5, 0.6) is 0 Å². The molecule has 0 aromatic carbocycles. The lowest BCUT2D eigenvalue weighted by Gasteiger charge is -2.07. The van der Waals surface area contributed by atoms with Crippen LogP contribution in [0.2, 0.25) is 0 Å². The number of nitrogens with zero attached hydrogens (tertiary/aromatic N) is 3. The molecule has 4 heterocycles. The van der Waals surface area contributed by atoms with Crippen molar-refractivity contribution in [3.63, 3.8) is 0 Å². The number of thiophene rings is 1. The summed E-state index contributed by atoms with van der Waals surface area (Å²) < 4.78 is 7.41. The molecule has 0 fully saturated rings. The monoisotopic (exact) mass is 310 g/mol. The van der Waals surface area contributed by atoms with Gasteiger partial charge in [0.1, 0.15) is 17.3 Å². The van der Waals surface area contributed by atoms with Crippen LogP contribution in [0, 0.1) is 6.92 Å². The number of fused-ring (bicyclic) bond motifs is 1. The topological polar surface area (TPSA) is 55.4 Å². The van der Waals surface area contributed by atoms with E-state index in [1.165, 1.54) is 10.4 Å². The highest BCUT2D eigenvalue weighted by Gasteiger charge is 2.16. The van der Waals surface area contributed by atoms with Gasteiger partial charge in [-0.25, -0.2) is 4.98 Å². The minimum Gasteiger partial charge on any atom is -0.467 e. The molecule has 0 bridgehead atoms. The quantitative estimate of drug-likeness (QED) is 0.619. The largest absolute Gasteiger partial charge is 0.467 e. The Kier molecular flexibility index (Phi) is 3.16. The maximum absolute atomic E-state index is 5.40. The van der Waals surface area contributed by atoms with Crippen LogP contribution in [0.25, 0.3) is 16.2 Å². The van der Waals surface area contributed by atoms with Gasteiger partial charge in [0.15, 0.2) is 5.65 Å². The predicted molar refractivity (Wildman–Crippen MR) is 87.1 cm³/mol. The molecule has 0 aliphatic carbocycles. The molecule has 22 heavy (non-hydrogen) atoms. The molecule has 0 aliphatic heterocycles. The fraction of sp³-hybridized carbons (Fsp3) is 0.125. The summed E-state index contributed by atoms with van der Waals surface area (Å²) in [6, 6.07) is 5.95. The van der Waals surface area contributed by atoms with Crippen LogP contribution in [0.1, 0.15) is 11.3 Å². The molecule has 5 nitrogen and oxygen atoms in total. The molecule has 0 saturated heterocycles.